The third kappa shape index (κ3) is 3.99. The van der Waals surface area contributed by atoms with Gasteiger partial charge in [-0.3, -0.25) is 19.3 Å². The quantitative estimate of drug-likeness (QED) is 0.433. The Labute approximate surface area is 202 Å². The van der Waals surface area contributed by atoms with Crippen LogP contribution in [0.4, 0.5) is 0 Å². The van der Waals surface area contributed by atoms with Gasteiger partial charge in [0, 0.05) is 31.5 Å². The van der Waals surface area contributed by atoms with E-state index >= 15 is 0 Å². The standard InChI is InChI=1S/C26H29N5O4/c32-22-11-15-5-6-19-18(17(15)12-23(22)33)13-24(27-19)29-25(34)14-30-9-7-16(8-10-30)31-21-4-2-1-3-20(21)28-26(31)35/h1-4,11-12,16,18-19,32-33H,5-10,13-14H2,(H,28,35)(H,27,29,34). The van der Waals surface area contributed by atoms with Crippen molar-refractivity contribution in [3.63, 3.8) is 0 Å². The van der Waals surface area contributed by atoms with Gasteiger partial charge in [-0.05, 0) is 61.1 Å². The largest absolute Gasteiger partial charge is 0.504 e. The molecule has 0 spiro atoms. The molecule has 1 aliphatic carbocycles. The highest BCUT2D eigenvalue weighted by Gasteiger charge is 2.36. The molecule has 35 heavy (non-hydrogen) atoms. The summed E-state index contributed by atoms with van der Waals surface area (Å²) in [5, 5.41) is 22.8. The van der Waals surface area contributed by atoms with Gasteiger partial charge in [0.2, 0.25) is 5.91 Å². The number of likely N-dealkylation sites (tertiary alicyclic amines) is 1. The predicted octanol–water partition coefficient (Wildman–Crippen LogP) is 2.39. The Balaban J connectivity index is 1.05. The first-order chi connectivity index (χ1) is 17.0. The molecule has 0 bridgehead atoms. The number of aryl methyl sites for hydroxylation is 1. The van der Waals surface area contributed by atoms with Crippen molar-refractivity contribution in [2.75, 3.05) is 19.6 Å². The number of hydrogen-bond acceptors (Lipinski definition) is 6. The van der Waals surface area contributed by atoms with Crippen molar-refractivity contribution < 1.29 is 15.0 Å². The van der Waals surface area contributed by atoms with Crippen molar-refractivity contribution in [2.45, 2.75) is 50.1 Å². The number of benzene rings is 2. The van der Waals surface area contributed by atoms with Crippen LogP contribution in [0.15, 0.2) is 46.2 Å². The van der Waals surface area contributed by atoms with Gasteiger partial charge in [0.25, 0.3) is 0 Å². The molecular weight excluding hydrogens is 446 g/mol. The second kappa shape index (κ2) is 8.57. The number of aromatic nitrogens is 2. The lowest BCUT2D eigenvalue weighted by Gasteiger charge is -2.32. The lowest BCUT2D eigenvalue weighted by Crippen LogP contribution is -2.44. The molecule has 1 aromatic heterocycles. The summed E-state index contributed by atoms with van der Waals surface area (Å²) < 4.78 is 1.86. The minimum atomic E-state index is -0.111. The number of carbonyl (C=O) groups is 1. The second-order valence-electron chi connectivity index (χ2n) is 9.90. The molecule has 3 aliphatic rings. The number of fused-ring (bicyclic) bond motifs is 4. The van der Waals surface area contributed by atoms with Crippen molar-refractivity contribution in [1.82, 2.24) is 19.8 Å². The monoisotopic (exact) mass is 475 g/mol. The third-order valence-corrected chi connectivity index (χ3v) is 7.74. The maximum absolute atomic E-state index is 12.8. The van der Waals surface area contributed by atoms with E-state index in [2.05, 4.69) is 15.2 Å². The highest BCUT2D eigenvalue weighted by atomic mass is 16.3. The van der Waals surface area contributed by atoms with Crippen LogP contribution in [0.5, 0.6) is 11.5 Å². The first-order valence-corrected chi connectivity index (χ1v) is 12.3. The van der Waals surface area contributed by atoms with E-state index in [-0.39, 0.29) is 41.1 Å². The smallest absolute Gasteiger partial charge is 0.326 e. The summed E-state index contributed by atoms with van der Waals surface area (Å²) in [5.41, 5.74) is 3.76. The topological polar surface area (TPSA) is 123 Å². The number of carbonyl (C=O) groups excluding carboxylic acids is 1. The predicted molar refractivity (Wildman–Crippen MR) is 132 cm³/mol. The van der Waals surface area contributed by atoms with Crippen molar-refractivity contribution >= 4 is 22.8 Å². The normalized spacial score (nSPS) is 22.6. The summed E-state index contributed by atoms with van der Waals surface area (Å²) in [6.07, 6.45) is 3.91. The van der Waals surface area contributed by atoms with Crippen LogP contribution in [-0.4, -0.2) is 62.1 Å². The average molecular weight is 476 g/mol. The molecule has 3 aromatic rings. The lowest BCUT2D eigenvalue weighted by molar-refractivity contribution is -0.121. The minimum Gasteiger partial charge on any atom is -0.504 e. The Morgan fingerprint density at radius 3 is 2.71 bits per heavy atom. The Kier molecular flexibility index (Phi) is 5.36. The molecule has 4 N–H and O–H groups in total. The van der Waals surface area contributed by atoms with Crippen LogP contribution in [0.2, 0.25) is 0 Å². The number of nitrogens with zero attached hydrogens (tertiary/aromatic N) is 3. The van der Waals surface area contributed by atoms with E-state index in [0.29, 0.717) is 18.8 Å². The summed E-state index contributed by atoms with van der Waals surface area (Å²) in [4.78, 5) is 35.1. The van der Waals surface area contributed by atoms with Gasteiger partial charge in [0.05, 0.1) is 23.6 Å². The van der Waals surface area contributed by atoms with Crippen molar-refractivity contribution in [1.29, 1.82) is 0 Å². The van der Waals surface area contributed by atoms with E-state index in [1.807, 2.05) is 28.8 Å². The molecule has 1 saturated heterocycles. The van der Waals surface area contributed by atoms with Crippen molar-refractivity contribution in [3.8, 4) is 11.5 Å². The molecule has 9 heteroatoms. The molecule has 0 radical (unpaired) electrons. The van der Waals surface area contributed by atoms with Crippen molar-refractivity contribution in [3.05, 3.63) is 58.0 Å². The molecule has 2 aliphatic heterocycles. The van der Waals surface area contributed by atoms with Crippen LogP contribution in [0, 0.1) is 0 Å². The fourth-order valence-electron chi connectivity index (χ4n) is 6.03. The Morgan fingerprint density at radius 2 is 1.89 bits per heavy atom. The molecule has 3 heterocycles. The number of H-pyrrole nitrogens is 1. The van der Waals surface area contributed by atoms with E-state index in [1.165, 1.54) is 0 Å². The molecule has 182 valence electrons. The maximum atomic E-state index is 12.8. The molecular formula is C26H29N5O4. The summed E-state index contributed by atoms with van der Waals surface area (Å²) in [6, 6.07) is 11.2. The first-order valence-electron chi connectivity index (χ1n) is 12.3. The number of amidine groups is 1. The van der Waals surface area contributed by atoms with E-state index in [0.717, 1.165) is 60.9 Å². The number of phenols is 2. The van der Waals surface area contributed by atoms with Crippen LogP contribution in [0.3, 0.4) is 0 Å². The number of rotatable bonds is 3. The van der Waals surface area contributed by atoms with Crippen LogP contribution in [0.1, 0.15) is 48.8 Å². The summed E-state index contributed by atoms with van der Waals surface area (Å²) in [5.74, 6) is 0.545. The van der Waals surface area contributed by atoms with Gasteiger partial charge in [-0.2, -0.15) is 0 Å². The number of amides is 1. The summed E-state index contributed by atoms with van der Waals surface area (Å²) in [7, 11) is 0. The number of hydrogen-bond donors (Lipinski definition) is 4. The SMILES string of the molecule is O=C(CN1CCC(n2c(=O)[nH]c3ccccc32)CC1)NC1=NC2CCc3cc(O)c(O)cc3C2C1. The van der Waals surface area contributed by atoms with E-state index in [1.54, 1.807) is 12.1 Å². The number of aromatic amines is 1. The summed E-state index contributed by atoms with van der Waals surface area (Å²) in [6.45, 7) is 1.80. The van der Waals surface area contributed by atoms with Gasteiger partial charge >= 0.3 is 5.69 Å². The molecule has 9 nitrogen and oxygen atoms in total. The average Bonchev–Trinajstić information content (AvgIpc) is 3.40. The van der Waals surface area contributed by atoms with Gasteiger partial charge < -0.3 is 20.5 Å². The van der Waals surface area contributed by atoms with Crippen LogP contribution in [0.25, 0.3) is 11.0 Å². The van der Waals surface area contributed by atoms with E-state index in [4.69, 9.17) is 4.99 Å². The van der Waals surface area contributed by atoms with Gasteiger partial charge in [-0.15, -0.1) is 0 Å². The number of aliphatic imine (C=N–C) groups is 1. The first kappa shape index (κ1) is 21.9. The highest BCUT2D eigenvalue weighted by Crippen LogP contribution is 2.43. The third-order valence-electron chi connectivity index (χ3n) is 7.74. The fourth-order valence-corrected chi connectivity index (χ4v) is 6.03. The summed E-state index contributed by atoms with van der Waals surface area (Å²) >= 11 is 0. The highest BCUT2D eigenvalue weighted by molar-refractivity contribution is 6.00. The zero-order valence-corrected chi connectivity index (χ0v) is 19.4. The van der Waals surface area contributed by atoms with Crippen LogP contribution >= 0.6 is 0 Å². The molecule has 1 amide bonds. The lowest BCUT2D eigenvalue weighted by atomic mass is 9.79. The molecule has 0 saturated carbocycles. The Morgan fingerprint density at radius 1 is 1.11 bits per heavy atom. The number of phenolic OH excluding ortho intramolecular Hbond substituents is 2. The van der Waals surface area contributed by atoms with Gasteiger partial charge in [0.1, 0.15) is 5.84 Å². The molecule has 1 fully saturated rings. The van der Waals surface area contributed by atoms with Gasteiger partial charge in [0.15, 0.2) is 11.5 Å². The van der Waals surface area contributed by atoms with E-state index < -0.39 is 0 Å². The molecule has 2 aromatic carbocycles. The number of imidazole rings is 1. The van der Waals surface area contributed by atoms with E-state index in [9.17, 15) is 19.8 Å². The molecule has 6 rings (SSSR count). The zero-order chi connectivity index (χ0) is 24.1. The zero-order valence-electron chi connectivity index (χ0n) is 19.4. The second-order valence-corrected chi connectivity index (χ2v) is 9.90. The number of nitrogens with one attached hydrogen (secondary N) is 2. The minimum absolute atomic E-state index is 0.0705. The Bertz CT molecular complexity index is 1380. The Hall–Kier alpha value is -3.59. The van der Waals surface area contributed by atoms with Crippen molar-refractivity contribution in [2.24, 2.45) is 4.99 Å². The van der Waals surface area contributed by atoms with Gasteiger partial charge in [-0.1, -0.05) is 12.1 Å². The van der Waals surface area contributed by atoms with Gasteiger partial charge in [-0.25, -0.2) is 4.79 Å². The fraction of sp³-hybridized carbons (Fsp3) is 0.423. The van der Waals surface area contributed by atoms with Crippen LogP contribution < -0.4 is 11.0 Å². The molecule has 2 atom stereocenters. The molecule has 2 unspecified atom stereocenters. The van der Waals surface area contributed by atoms with Crippen LogP contribution in [-0.2, 0) is 11.2 Å². The number of para-hydroxylation sites is 2. The maximum Gasteiger partial charge on any atom is 0.326 e. The number of aromatic hydroxyl groups is 2. The number of piperidine rings is 1.